The van der Waals surface area contributed by atoms with Crippen molar-refractivity contribution >= 4 is 11.3 Å². The molecule has 0 atom stereocenters. The van der Waals surface area contributed by atoms with Crippen LogP contribution in [0.2, 0.25) is 0 Å². The molecular weight excluding hydrogens is 238 g/mol. The van der Waals surface area contributed by atoms with Gasteiger partial charge < -0.3 is 4.98 Å². The zero-order valence-corrected chi connectivity index (χ0v) is 12.4. The Morgan fingerprint density at radius 2 is 1.78 bits per heavy atom. The van der Waals surface area contributed by atoms with Gasteiger partial charge in [-0.3, -0.25) is 0 Å². The van der Waals surface area contributed by atoms with Gasteiger partial charge in [0.25, 0.3) is 0 Å². The summed E-state index contributed by atoms with van der Waals surface area (Å²) in [7, 11) is 0. The Morgan fingerprint density at radius 3 is 2.44 bits per heavy atom. The molecule has 3 rings (SSSR count). The van der Waals surface area contributed by atoms with Crippen molar-refractivity contribution in [1.82, 2.24) is 4.98 Å². The Hall–Kier alpha value is -1.02. The number of fused-ring (bicyclic) bond motifs is 2. The van der Waals surface area contributed by atoms with Crippen molar-refractivity contribution in [3.63, 3.8) is 0 Å². The molecule has 1 N–H and O–H groups in total. The molecule has 1 nitrogen and oxygen atoms in total. The standard InChI is InChI=1S/C16H21NS/c1-9(2)13-5-11-7-16-12(6-14(11)17-13)8-15(18-16)10(3)4/h5,8-10,17H,6-7H2,1-4H3. The van der Waals surface area contributed by atoms with Crippen molar-refractivity contribution in [3.05, 3.63) is 44.4 Å². The summed E-state index contributed by atoms with van der Waals surface area (Å²) in [5.41, 5.74) is 5.90. The summed E-state index contributed by atoms with van der Waals surface area (Å²) in [6.45, 7) is 9.08. The predicted octanol–water partition coefficient (Wildman–Crippen LogP) is 4.82. The first kappa shape index (κ1) is 12.0. The van der Waals surface area contributed by atoms with Gasteiger partial charge in [0.15, 0.2) is 0 Å². The summed E-state index contributed by atoms with van der Waals surface area (Å²) in [6, 6.07) is 4.79. The lowest BCUT2D eigenvalue weighted by Crippen LogP contribution is -2.02. The molecule has 96 valence electrons. The minimum absolute atomic E-state index is 0.597. The fourth-order valence-electron chi connectivity index (χ4n) is 2.63. The molecule has 2 aromatic heterocycles. The number of hydrogen-bond acceptors (Lipinski definition) is 1. The fourth-order valence-corrected chi connectivity index (χ4v) is 3.84. The molecule has 0 saturated carbocycles. The van der Waals surface area contributed by atoms with Gasteiger partial charge in [0, 0.05) is 34.0 Å². The lowest BCUT2D eigenvalue weighted by Gasteiger charge is -2.11. The molecule has 0 radical (unpaired) electrons. The largest absolute Gasteiger partial charge is 0.362 e. The van der Waals surface area contributed by atoms with Crippen molar-refractivity contribution in [3.8, 4) is 0 Å². The maximum atomic E-state index is 3.62. The van der Waals surface area contributed by atoms with E-state index in [0.29, 0.717) is 11.8 Å². The molecular formula is C16H21NS. The van der Waals surface area contributed by atoms with Crippen LogP contribution in [0.25, 0.3) is 0 Å². The second-order valence-corrected chi connectivity index (χ2v) is 7.16. The van der Waals surface area contributed by atoms with Gasteiger partial charge in [-0.15, -0.1) is 11.3 Å². The van der Waals surface area contributed by atoms with Crippen LogP contribution in [0.4, 0.5) is 0 Å². The first-order chi connectivity index (χ1) is 8.54. The van der Waals surface area contributed by atoms with Crippen LogP contribution in [0.1, 0.15) is 71.8 Å². The maximum Gasteiger partial charge on any atom is 0.0230 e. The van der Waals surface area contributed by atoms with E-state index >= 15 is 0 Å². The average molecular weight is 259 g/mol. The van der Waals surface area contributed by atoms with Gasteiger partial charge in [0.05, 0.1) is 0 Å². The van der Waals surface area contributed by atoms with Gasteiger partial charge in [-0.2, -0.15) is 0 Å². The van der Waals surface area contributed by atoms with Crippen LogP contribution < -0.4 is 0 Å². The van der Waals surface area contributed by atoms with Gasteiger partial charge in [0.1, 0.15) is 0 Å². The molecule has 2 heteroatoms. The van der Waals surface area contributed by atoms with Crippen molar-refractivity contribution in [2.75, 3.05) is 0 Å². The number of thiophene rings is 1. The smallest absolute Gasteiger partial charge is 0.0230 e. The molecule has 0 spiro atoms. The maximum absolute atomic E-state index is 3.62. The Morgan fingerprint density at radius 1 is 1.00 bits per heavy atom. The van der Waals surface area contributed by atoms with Crippen LogP contribution in [0, 0.1) is 0 Å². The van der Waals surface area contributed by atoms with E-state index in [1.54, 1.807) is 10.4 Å². The number of hydrogen-bond donors (Lipinski definition) is 1. The summed E-state index contributed by atoms with van der Waals surface area (Å²) in [5.74, 6) is 1.25. The predicted molar refractivity (Wildman–Crippen MR) is 78.9 cm³/mol. The summed E-state index contributed by atoms with van der Waals surface area (Å²) >= 11 is 2.01. The van der Waals surface area contributed by atoms with E-state index in [1.807, 2.05) is 11.3 Å². The van der Waals surface area contributed by atoms with E-state index in [4.69, 9.17) is 0 Å². The third-order valence-corrected chi connectivity index (χ3v) is 5.32. The highest BCUT2D eigenvalue weighted by molar-refractivity contribution is 7.12. The molecule has 1 aliphatic rings. The fraction of sp³-hybridized carbons (Fsp3) is 0.500. The Balaban J connectivity index is 1.95. The average Bonchev–Trinajstić information content (AvgIpc) is 2.87. The van der Waals surface area contributed by atoms with Gasteiger partial charge in [-0.1, -0.05) is 27.7 Å². The van der Waals surface area contributed by atoms with E-state index in [0.717, 1.165) is 12.8 Å². The van der Waals surface area contributed by atoms with E-state index in [-0.39, 0.29) is 0 Å². The molecule has 2 heterocycles. The molecule has 2 aromatic rings. The topological polar surface area (TPSA) is 15.8 Å². The van der Waals surface area contributed by atoms with E-state index in [2.05, 4.69) is 44.8 Å². The highest BCUT2D eigenvalue weighted by atomic mass is 32.1. The summed E-state index contributed by atoms with van der Waals surface area (Å²) in [6.07, 6.45) is 2.23. The van der Waals surface area contributed by atoms with Crippen LogP contribution in [-0.2, 0) is 12.8 Å². The van der Waals surface area contributed by atoms with Crippen LogP contribution in [0.15, 0.2) is 12.1 Å². The number of H-pyrrole nitrogens is 1. The second-order valence-electron chi connectivity index (χ2n) is 5.99. The SMILES string of the molecule is CC(C)c1cc2c([nH]1)Cc1cc(C(C)C)sc1C2. The van der Waals surface area contributed by atoms with Crippen LogP contribution >= 0.6 is 11.3 Å². The summed E-state index contributed by atoms with van der Waals surface area (Å²) in [4.78, 5) is 6.74. The number of aromatic nitrogens is 1. The number of rotatable bonds is 2. The van der Waals surface area contributed by atoms with E-state index in [1.165, 1.54) is 21.8 Å². The Kier molecular flexibility index (Phi) is 2.86. The summed E-state index contributed by atoms with van der Waals surface area (Å²) in [5, 5.41) is 0. The Labute approximate surface area is 113 Å². The van der Waals surface area contributed by atoms with Crippen molar-refractivity contribution in [2.24, 2.45) is 0 Å². The van der Waals surface area contributed by atoms with Crippen LogP contribution in [0.5, 0.6) is 0 Å². The minimum atomic E-state index is 0.597. The molecule has 1 aliphatic carbocycles. The quantitative estimate of drug-likeness (QED) is 0.679. The van der Waals surface area contributed by atoms with Gasteiger partial charge >= 0.3 is 0 Å². The molecule has 0 unspecified atom stereocenters. The lowest BCUT2D eigenvalue weighted by atomic mass is 9.96. The van der Waals surface area contributed by atoms with Gasteiger partial charge in [0.2, 0.25) is 0 Å². The van der Waals surface area contributed by atoms with Crippen LogP contribution in [0.3, 0.4) is 0 Å². The zero-order valence-electron chi connectivity index (χ0n) is 11.6. The molecule has 0 saturated heterocycles. The van der Waals surface area contributed by atoms with Crippen molar-refractivity contribution in [1.29, 1.82) is 0 Å². The first-order valence-corrected chi connectivity index (χ1v) is 7.68. The third kappa shape index (κ3) is 1.93. The lowest BCUT2D eigenvalue weighted by molar-refractivity contribution is 0.824. The zero-order chi connectivity index (χ0) is 12.9. The second kappa shape index (κ2) is 4.27. The minimum Gasteiger partial charge on any atom is -0.362 e. The molecule has 0 bridgehead atoms. The first-order valence-electron chi connectivity index (χ1n) is 6.86. The molecule has 0 aliphatic heterocycles. The normalized spacial score (nSPS) is 14.1. The van der Waals surface area contributed by atoms with Crippen molar-refractivity contribution < 1.29 is 0 Å². The van der Waals surface area contributed by atoms with Gasteiger partial charge in [-0.25, -0.2) is 0 Å². The number of aromatic amines is 1. The van der Waals surface area contributed by atoms with Crippen molar-refractivity contribution in [2.45, 2.75) is 52.4 Å². The molecule has 0 amide bonds. The number of nitrogens with one attached hydrogen (secondary N) is 1. The monoisotopic (exact) mass is 259 g/mol. The highest BCUT2D eigenvalue weighted by Crippen LogP contribution is 2.36. The molecule has 18 heavy (non-hydrogen) atoms. The third-order valence-electron chi connectivity index (χ3n) is 3.84. The van der Waals surface area contributed by atoms with E-state index in [9.17, 15) is 0 Å². The Bertz CT molecular complexity index is 481. The van der Waals surface area contributed by atoms with E-state index < -0.39 is 0 Å². The van der Waals surface area contributed by atoms with Crippen LogP contribution in [-0.4, -0.2) is 4.98 Å². The van der Waals surface area contributed by atoms with Gasteiger partial charge in [-0.05, 0) is 35.1 Å². The summed E-state index contributed by atoms with van der Waals surface area (Å²) < 4.78 is 0. The molecule has 0 fully saturated rings. The molecule has 0 aromatic carbocycles. The highest BCUT2D eigenvalue weighted by Gasteiger charge is 2.21.